The Morgan fingerprint density at radius 1 is 1.22 bits per heavy atom. The summed E-state index contributed by atoms with van der Waals surface area (Å²) in [6.07, 6.45) is 5.16. The van der Waals surface area contributed by atoms with E-state index in [1.807, 2.05) is 0 Å². The molecule has 3 amide bonds. The maximum atomic E-state index is 11.6. The van der Waals surface area contributed by atoms with Crippen molar-refractivity contribution in [3.8, 4) is 0 Å². The van der Waals surface area contributed by atoms with Crippen LogP contribution in [-0.2, 0) is 19.1 Å². The van der Waals surface area contributed by atoms with Crippen molar-refractivity contribution in [3.63, 3.8) is 0 Å². The summed E-state index contributed by atoms with van der Waals surface area (Å²) >= 11 is 0. The Balaban J connectivity index is 1.92. The van der Waals surface area contributed by atoms with Crippen LogP contribution in [-0.4, -0.2) is 72.8 Å². The molecule has 0 unspecified atom stereocenters. The topological polar surface area (TPSA) is 99.2 Å². The van der Waals surface area contributed by atoms with Crippen LogP contribution in [0.25, 0.3) is 0 Å². The standard InChI is InChI=1S/C15H25N3O5/c1-17(22)10-12-23-11-8-16-13(19)5-3-2-4-9-18-14(20)6-7-15(18)21/h6-7,22H,2-5,8-12H2,1H3,(H,16,19). The number of amides is 3. The van der Waals surface area contributed by atoms with Crippen LogP contribution in [0.4, 0.5) is 0 Å². The molecule has 2 N–H and O–H groups in total. The monoisotopic (exact) mass is 327 g/mol. The lowest BCUT2D eigenvalue weighted by Gasteiger charge is -2.13. The van der Waals surface area contributed by atoms with Gasteiger partial charge >= 0.3 is 0 Å². The normalized spacial score (nSPS) is 14.1. The Bertz CT molecular complexity index is 419. The molecule has 0 aromatic carbocycles. The van der Waals surface area contributed by atoms with E-state index < -0.39 is 0 Å². The summed E-state index contributed by atoms with van der Waals surface area (Å²) in [6.45, 7) is 2.08. The van der Waals surface area contributed by atoms with Crippen molar-refractivity contribution in [1.82, 2.24) is 15.3 Å². The molecule has 0 radical (unpaired) electrons. The van der Waals surface area contributed by atoms with Crippen molar-refractivity contribution in [3.05, 3.63) is 12.2 Å². The molecule has 0 bridgehead atoms. The molecular formula is C15H25N3O5. The molecular weight excluding hydrogens is 302 g/mol. The third-order valence-electron chi connectivity index (χ3n) is 3.31. The van der Waals surface area contributed by atoms with Crippen LogP contribution in [0.15, 0.2) is 12.2 Å². The van der Waals surface area contributed by atoms with Crippen molar-refractivity contribution < 1.29 is 24.3 Å². The van der Waals surface area contributed by atoms with E-state index >= 15 is 0 Å². The van der Waals surface area contributed by atoms with Crippen LogP contribution in [0.5, 0.6) is 0 Å². The molecule has 0 atom stereocenters. The second kappa shape index (κ2) is 10.9. The first-order chi connectivity index (χ1) is 11.0. The molecule has 1 aliphatic rings. The lowest BCUT2D eigenvalue weighted by Crippen LogP contribution is -2.31. The van der Waals surface area contributed by atoms with E-state index in [0.29, 0.717) is 52.1 Å². The van der Waals surface area contributed by atoms with Gasteiger partial charge in [0.25, 0.3) is 11.8 Å². The third-order valence-corrected chi connectivity index (χ3v) is 3.31. The van der Waals surface area contributed by atoms with Gasteiger partial charge in [0.05, 0.1) is 13.2 Å². The molecule has 0 aliphatic carbocycles. The van der Waals surface area contributed by atoms with Crippen LogP contribution in [0.1, 0.15) is 25.7 Å². The second-order valence-electron chi connectivity index (χ2n) is 5.32. The zero-order valence-corrected chi connectivity index (χ0v) is 13.5. The lowest BCUT2D eigenvalue weighted by molar-refractivity contribution is -0.136. The summed E-state index contributed by atoms with van der Waals surface area (Å²) in [6, 6.07) is 0. The summed E-state index contributed by atoms with van der Waals surface area (Å²) in [4.78, 5) is 35.4. The molecule has 23 heavy (non-hydrogen) atoms. The highest BCUT2D eigenvalue weighted by atomic mass is 16.5. The van der Waals surface area contributed by atoms with Crippen LogP contribution in [0.2, 0.25) is 0 Å². The van der Waals surface area contributed by atoms with Gasteiger partial charge in [0, 0.05) is 45.3 Å². The molecule has 0 aromatic rings. The van der Waals surface area contributed by atoms with Gasteiger partial charge in [-0.15, -0.1) is 0 Å². The minimum absolute atomic E-state index is 0.0390. The third kappa shape index (κ3) is 8.44. The van der Waals surface area contributed by atoms with Crippen LogP contribution < -0.4 is 5.32 Å². The van der Waals surface area contributed by atoms with Crippen LogP contribution in [0.3, 0.4) is 0 Å². The molecule has 1 aliphatic heterocycles. The molecule has 0 spiro atoms. The number of hydroxylamine groups is 2. The van der Waals surface area contributed by atoms with Crippen LogP contribution in [0, 0.1) is 0 Å². The van der Waals surface area contributed by atoms with Gasteiger partial charge in [-0.2, -0.15) is 5.06 Å². The van der Waals surface area contributed by atoms with Crippen molar-refractivity contribution >= 4 is 17.7 Å². The molecule has 0 saturated carbocycles. The summed E-state index contributed by atoms with van der Waals surface area (Å²) in [5.41, 5.74) is 0. The highest BCUT2D eigenvalue weighted by Crippen LogP contribution is 2.07. The molecule has 130 valence electrons. The number of hydrogen-bond acceptors (Lipinski definition) is 6. The molecule has 8 nitrogen and oxygen atoms in total. The van der Waals surface area contributed by atoms with Gasteiger partial charge in [0.1, 0.15) is 0 Å². The van der Waals surface area contributed by atoms with Gasteiger partial charge in [0.2, 0.25) is 5.91 Å². The fourth-order valence-corrected chi connectivity index (χ4v) is 2.03. The average Bonchev–Trinajstić information content (AvgIpc) is 2.81. The Morgan fingerprint density at radius 2 is 1.91 bits per heavy atom. The quantitative estimate of drug-likeness (QED) is 0.296. The lowest BCUT2D eigenvalue weighted by atomic mass is 10.2. The number of unbranched alkanes of at least 4 members (excludes halogenated alkanes) is 2. The Kier molecular flexibility index (Phi) is 9.11. The first-order valence-corrected chi connectivity index (χ1v) is 7.78. The van der Waals surface area contributed by atoms with Gasteiger partial charge in [-0.1, -0.05) is 6.42 Å². The zero-order valence-electron chi connectivity index (χ0n) is 13.5. The number of carbonyl (C=O) groups is 3. The van der Waals surface area contributed by atoms with E-state index in [0.717, 1.165) is 11.5 Å². The number of rotatable bonds is 12. The van der Waals surface area contributed by atoms with E-state index in [9.17, 15) is 14.4 Å². The van der Waals surface area contributed by atoms with E-state index in [4.69, 9.17) is 9.94 Å². The smallest absolute Gasteiger partial charge is 0.253 e. The van der Waals surface area contributed by atoms with E-state index in [-0.39, 0.29) is 17.7 Å². The molecule has 1 rings (SSSR count). The second-order valence-corrected chi connectivity index (χ2v) is 5.32. The predicted molar refractivity (Wildman–Crippen MR) is 82.6 cm³/mol. The molecule has 0 aromatic heterocycles. The summed E-state index contributed by atoms with van der Waals surface area (Å²) < 4.78 is 5.22. The fraction of sp³-hybridized carbons (Fsp3) is 0.667. The van der Waals surface area contributed by atoms with E-state index in [1.54, 1.807) is 0 Å². The summed E-state index contributed by atoms with van der Waals surface area (Å²) in [7, 11) is 1.54. The van der Waals surface area contributed by atoms with Crippen molar-refractivity contribution in [2.45, 2.75) is 25.7 Å². The van der Waals surface area contributed by atoms with Gasteiger partial charge in [-0.05, 0) is 12.8 Å². The SMILES string of the molecule is CN(O)CCOCCNC(=O)CCCCCN1C(=O)C=CC1=O. The maximum absolute atomic E-state index is 11.6. The number of nitrogens with zero attached hydrogens (tertiary/aromatic N) is 2. The number of carbonyl (C=O) groups excluding carboxylic acids is 3. The molecule has 0 saturated heterocycles. The minimum Gasteiger partial charge on any atom is -0.378 e. The number of likely N-dealkylation sites (N-methyl/N-ethyl adjacent to an activating group) is 1. The Morgan fingerprint density at radius 3 is 2.57 bits per heavy atom. The average molecular weight is 327 g/mol. The number of imide groups is 1. The summed E-state index contributed by atoms with van der Waals surface area (Å²) in [5.74, 6) is -0.567. The molecule has 0 fully saturated rings. The van der Waals surface area contributed by atoms with Crippen molar-refractivity contribution in [1.29, 1.82) is 0 Å². The summed E-state index contributed by atoms with van der Waals surface area (Å²) in [5, 5.41) is 12.7. The van der Waals surface area contributed by atoms with Crippen molar-refractivity contribution in [2.75, 3.05) is 39.9 Å². The maximum Gasteiger partial charge on any atom is 0.253 e. The van der Waals surface area contributed by atoms with E-state index in [1.165, 1.54) is 24.1 Å². The number of ether oxygens (including phenoxy) is 1. The first kappa shape index (κ1) is 19.3. The number of nitrogens with one attached hydrogen (secondary N) is 1. The van der Waals surface area contributed by atoms with Crippen LogP contribution >= 0.6 is 0 Å². The van der Waals surface area contributed by atoms with Gasteiger partial charge in [-0.25, -0.2) is 0 Å². The van der Waals surface area contributed by atoms with Gasteiger partial charge < -0.3 is 15.3 Å². The highest BCUT2D eigenvalue weighted by molar-refractivity contribution is 6.12. The number of hydrogen-bond donors (Lipinski definition) is 2. The predicted octanol–water partition coefficient (Wildman–Crippen LogP) is -0.0744. The zero-order chi connectivity index (χ0) is 17.1. The Hall–Kier alpha value is -1.77. The minimum atomic E-state index is -0.264. The largest absolute Gasteiger partial charge is 0.378 e. The fourth-order valence-electron chi connectivity index (χ4n) is 2.03. The Labute approximate surface area is 136 Å². The molecule has 1 heterocycles. The van der Waals surface area contributed by atoms with Gasteiger partial charge in [0.15, 0.2) is 0 Å². The first-order valence-electron chi connectivity index (χ1n) is 7.78. The van der Waals surface area contributed by atoms with Crippen molar-refractivity contribution in [2.24, 2.45) is 0 Å². The highest BCUT2D eigenvalue weighted by Gasteiger charge is 2.22. The van der Waals surface area contributed by atoms with Gasteiger partial charge in [-0.3, -0.25) is 19.3 Å². The van der Waals surface area contributed by atoms with E-state index in [2.05, 4.69) is 5.32 Å². The molecule has 8 heteroatoms.